The van der Waals surface area contributed by atoms with Gasteiger partial charge in [-0.15, -0.1) is 0 Å². The van der Waals surface area contributed by atoms with E-state index in [1.165, 1.54) is 5.56 Å². The van der Waals surface area contributed by atoms with Crippen molar-refractivity contribution < 1.29 is 9.59 Å². The summed E-state index contributed by atoms with van der Waals surface area (Å²) in [5.74, 6) is -0.0277. The molecule has 33 heavy (non-hydrogen) atoms. The molecule has 1 heterocycles. The SMILES string of the molecule is CC(C)(C)c1ccc(C(=O)Nc2ccc(N3CCN(C(=O)c4ccccc4)CC3)cc2)cc1. The average Bonchev–Trinajstić information content (AvgIpc) is 2.84. The number of anilines is 2. The fourth-order valence-electron chi connectivity index (χ4n) is 4.01. The summed E-state index contributed by atoms with van der Waals surface area (Å²) in [4.78, 5) is 29.4. The van der Waals surface area contributed by atoms with Crippen LogP contribution in [-0.4, -0.2) is 42.9 Å². The number of hydrogen-bond donors (Lipinski definition) is 1. The summed E-state index contributed by atoms with van der Waals surface area (Å²) >= 11 is 0. The van der Waals surface area contributed by atoms with Crippen LogP contribution >= 0.6 is 0 Å². The number of carbonyl (C=O) groups is 2. The van der Waals surface area contributed by atoms with Crippen molar-refractivity contribution in [2.24, 2.45) is 0 Å². The molecule has 0 atom stereocenters. The lowest BCUT2D eigenvalue weighted by atomic mass is 9.87. The smallest absolute Gasteiger partial charge is 0.255 e. The third kappa shape index (κ3) is 5.43. The summed E-state index contributed by atoms with van der Waals surface area (Å²) in [6, 6.07) is 25.1. The van der Waals surface area contributed by atoms with Crippen LogP contribution in [0.15, 0.2) is 78.9 Å². The molecule has 0 spiro atoms. The standard InChI is InChI=1S/C28H31N3O2/c1-28(2,3)23-11-9-21(10-12-23)26(32)29-24-13-15-25(16-14-24)30-17-19-31(20-18-30)27(33)22-7-5-4-6-8-22/h4-16H,17-20H2,1-3H3,(H,29,32). The number of nitrogens with one attached hydrogen (secondary N) is 1. The summed E-state index contributed by atoms with van der Waals surface area (Å²) < 4.78 is 0. The molecule has 1 saturated heterocycles. The number of rotatable bonds is 4. The zero-order valence-corrected chi connectivity index (χ0v) is 19.5. The molecular formula is C28H31N3O2. The number of piperazine rings is 1. The Morgan fingerprint density at radius 1 is 0.727 bits per heavy atom. The van der Waals surface area contributed by atoms with Gasteiger partial charge in [0, 0.05) is 48.7 Å². The van der Waals surface area contributed by atoms with Gasteiger partial charge < -0.3 is 15.1 Å². The fraction of sp³-hybridized carbons (Fsp3) is 0.286. The van der Waals surface area contributed by atoms with E-state index >= 15 is 0 Å². The zero-order valence-electron chi connectivity index (χ0n) is 19.5. The van der Waals surface area contributed by atoms with Crippen molar-refractivity contribution in [3.05, 3.63) is 95.6 Å². The lowest BCUT2D eigenvalue weighted by Crippen LogP contribution is -2.48. The number of carbonyl (C=O) groups excluding carboxylic acids is 2. The molecular weight excluding hydrogens is 410 g/mol. The molecule has 0 saturated carbocycles. The van der Waals surface area contributed by atoms with E-state index in [0.717, 1.165) is 30.0 Å². The predicted molar refractivity (Wildman–Crippen MR) is 134 cm³/mol. The highest BCUT2D eigenvalue weighted by Gasteiger charge is 2.22. The Labute approximate surface area is 196 Å². The van der Waals surface area contributed by atoms with Crippen LogP contribution in [0.4, 0.5) is 11.4 Å². The van der Waals surface area contributed by atoms with Gasteiger partial charge >= 0.3 is 0 Å². The lowest BCUT2D eigenvalue weighted by molar-refractivity contribution is 0.0746. The lowest BCUT2D eigenvalue weighted by Gasteiger charge is -2.36. The molecule has 1 fully saturated rings. The molecule has 1 N–H and O–H groups in total. The molecule has 170 valence electrons. The normalized spacial score (nSPS) is 14.2. The van der Waals surface area contributed by atoms with Crippen molar-refractivity contribution in [3.8, 4) is 0 Å². The van der Waals surface area contributed by atoms with E-state index in [4.69, 9.17) is 0 Å². The molecule has 0 radical (unpaired) electrons. The third-order valence-corrected chi connectivity index (χ3v) is 6.09. The van der Waals surface area contributed by atoms with Gasteiger partial charge in [-0.25, -0.2) is 0 Å². The van der Waals surface area contributed by atoms with E-state index in [1.807, 2.05) is 83.8 Å². The van der Waals surface area contributed by atoms with Crippen LogP contribution < -0.4 is 10.2 Å². The molecule has 2 amide bonds. The van der Waals surface area contributed by atoms with Crippen LogP contribution in [0.3, 0.4) is 0 Å². The first-order valence-electron chi connectivity index (χ1n) is 11.4. The van der Waals surface area contributed by atoms with Crippen LogP contribution in [0.2, 0.25) is 0 Å². The van der Waals surface area contributed by atoms with Gasteiger partial charge in [0.05, 0.1) is 0 Å². The van der Waals surface area contributed by atoms with Gasteiger partial charge in [0.1, 0.15) is 0 Å². The van der Waals surface area contributed by atoms with E-state index in [-0.39, 0.29) is 17.2 Å². The topological polar surface area (TPSA) is 52.7 Å². The monoisotopic (exact) mass is 441 g/mol. The summed E-state index contributed by atoms with van der Waals surface area (Å²) in [5, 5.41) is 2.98. The maximum atomic E-state index is 12.6. The Morgan fingerprint density at radius 2 is 1.33 bits per heavy atom. The van der Waals surface area contributed by atoms with Crippen molar-refractivity contribution in [1.82, 2.24) is 4.90 Å². The number of nitrogens with zero attached hydrogens (tertiary/aromatic N) is 2. The molecule has 0 aromatic heterocycles. The van der Waals surface area contributed by atoms with Crippen LogP contribution in [-0.2, 0) is 5.41 Å². The molecule has 3 aromatic carbocycles. The Hall–Kier alpha value is -3.60. The second-order valence-corrected chi connectivity index (χ2v) is 9.47. The van der Waals surface area contributed by atoms with Crippen molar-refractivity contribution in [2.45, 2.75) is 26.2 Å². The maximum Gasteiger partial charge on any atom is 0.255 e. The van der Waals surface area contributed by atoms with Gasteiger partial charge in [0.15, 0.2) is 0 Å². The quantitative estimate of drug-likeness (QED) is 0.606. The van der Waals surface area contributed by atoms with E-state index < -0.39 is 0 Å². The largest absolute Gasteiger partial charge is 0.368 e. The van der Waals surface area contributed by atoms with Gasteiger partial charge in [-0.1, -0.05) is 51.1 Å². The second kappa shape index (κ2) is 9.49. The Bertz CT molecular complexity index is 1090. The fourth-order valence-corrected chi connectivity index (χ4v) is 4.01. The second-order valence-electron chi connectivity index (χ2n) is 9.47. The minimum Gasteiger partial charge on any atom is -0.368 e. The van der Waals surface area contributed by atoms with Crippen LogP contribution in [0, 0.1) is 0 Å². The van der Waals surface area contributed by atoms with E-state index in [2.05, 4.69) is 31.0 Å². The average molecular weight is 442 g/mol. The number of benzene rings is 3. The first-order chi connectivity index (χ1) is 15.8. The van der Waals surface area contributed by atoms with Gasteiger partial charge in [-0.3, -0.25) is 9.59 Å². The van der Waals surface area contributed by atoms with Gasteiger partial charge in [0.2, 0.25) is 0 Å². The number of amides is 2. The summed E-state index contributed by atoms with van der Waals surface area (Å²) in [6.45, 7) is 9.42. The molecule has 0 unspecified atom stereocenters. The highest BCUT2D eigenvalue weighted by Crippen LogP contribution is 2.23. The van der Waals surface area contributed by atoms with Crippen molar-refractivity contribution in [2.75, 3.05) is 36.4 Å². The van der Waals surface area contributed by atoms with Crippen LogP contribution in [0.1, 0.15) is 47.1 Å². The zero-order chi connectivity index (χ0) is 23.4. The maximum absolute atomic E-state index is 12.6. The Balaban J connectivity index is 1.32. The summed E-state index contributed by atoms with van der Waals surface area (Å²) in [7, 11) is 0. The Kier molecular flexibility index (Phi) is 6.50. The van der Waals surface area contributed by atoms with E-state index in [9.17, 15) is 9.59 Å². The third-order valence-electron chi connectivity index (χ3n) is 6.09. The molecule has 1 aliphatic heterocycles. The van der Waals surface area contributed by atoms with Gasteiger partial charge in [-0.05, 0) is 59.5 Å². The molecule has 1 aliphatic rings. The molecule has 3 aromatic rings. The first kappa shape index (κ1) is 22.6. The first-order valence-corrected chi connectivity index (χ1v) is 11.4. The van der Waals surface area contributed by atoms with Crippen LogP contribution in [0.25, 0.3) is 0 Å². The molecule has 0 aliphatic carbocycles. The van der Waals surface area contributed by atoms with Crippen molar-refractivity contribution >= 4 is 23.2 Å². The van der Waals surface area contributed by atoms with Gasteiger partial charge in [-0.2, -0.15) is 0 Å². The van der Waals surface area contributed by atoms with E-state index in [0.29, 0.717) is 18.7 Å². The number of hydrogen-bond acceptors (Lipinski definition) is 3. The molecule has 5 nitrogen and oxygen atoms in total. The predicted octanol–water partition coefficient (Wildman–Crippen LogP) is 5.20. The van der Waals surface area contributed by atoms with E-state index in [1.54, 1.807) is 0 Å². The molecule has 0 bridgehead atoms. The minimum atomic E-state index is -0.115. The minimum absolute atomic E-state index is 0.0607. The summed E-state index contributed by atoms with van der Waals surface area (Å²) in [5.41, 5.74) is 4.50. The highest BCUT2D eigenvalue weighted by molar-refractivity contribution is 6.04. The van der Waals surface area contributed by atoms with Crippen molar-refractivity contribution in [1.29, 1.82) is 0 Å². The summed E-state index contributed by atoms with van der Waals surface area (Å²) in [6.07, 6.45) is 0. The van der Waals surface area contributed by atoms with Crippen molar-refractivity contribution in [3.63, 3.8) is 0 Å². The highest BCUT2D eigenvalue weighted by atomic mass is 16.2. The molecule has 4 rings (SSSR count). The molecule has 5 heteroatoms. The Morgan fingerprint density at radius 3 is 1.91 bits per heavy atom. The van der Waals surface area contributed by atoms with Crippen LogP contribution in [0.5, 0.6) is 0 Å². The van der Waals surface area contributed by atoms with Gasteiger partial charge in [0.25, 0.3) is 11.8 Å².